The van der Waals surface area contributed by atoms with E-state index in [4.69, 9.17) is 0 Å². The molecular weight excluding hydrogens is 384 g/mol. The molecule has 0 bridgehead atoms. The second kappa shape index (κ2) is 7.58. The van der Waals surface area contributed by atoms with Crippen molar-refractivity contribution in [2.24, 2.45) is 5.92 Å². The number of hydrogen-bond acceptors (Lipinski definition) is 3. The predicted molar refractivity (Wildman–Crippen MR) is 114 cm³/mol. The number of nitrogens with zero attached hydrogens (tertiary/aromatic N) is 1. The van der Waals surface area contributed by atoms with Gasteiger partial charge in [0.25, 0.3) is 0 Å². The minimum Gasteiger partial charge on any atom is -0.312 e. The maximum absolute atomic E-state index is 13.1. The van der Waals surface area contributed by atoms with Gasteiger partial charge >= 0.3 is 0 Å². The predicted octanol–water partition coefficient (Wildman–Crippen LogP) is 4.03. The van der Waals surface area contributed by atoms with Gasteiger partial charge in [-0.3, -0.25) is 4.79 Å². The Hall–Kier alpha value is -2.18. The Balaban J connectivity index is 1.57. The quantitative estimate of drug-likeness (QED) is 0.779. The van der Waals surface area contributed by atoms with Crippen molar-refractivity contribution in [2.75, 3.05) is 11.4 Å². The molecule has 0 saturated heterocycles. The normalized spacial score (nSPS) is 17.3. The molecule has 1 N–H and O–H groups in total. The molecule has 1 amide bonds. The van der Waals surface area contributed by atoms with Crippen LogP contribution in [-0.4, -0.2) is 20.9 Å². The van der Waals surface area contributed by atoms with Gasteiger partial charge in [0.1, 0.15) is 0 Å². The zero-order valence-electron chi connectivity index (χ0n) is 17.2. The largest absolute Gasteiger partial charge is 0.312 e. The standard InChI is InChI=1S/C23H28N2O3S/c1-4-21(18-6-5-15(2)16(3)13-18)24-29(27,28)20-9-10-22-19(14-20)11-12-25(22)23(26)17-7-8-17/h5-6,9-10,13-14,17,21,24H,4,7-8,11-12H2,1-3H3/t21-/m0/s1. The van der Waals surface area contributed by atoms with Gasteiger partial charge in [0.2, 0.25) is 15.9 Å². The van der Waals surface area contributed by atoms with Crippen LogP contribution in [0.1, 0.15) is 54.5 Å². The first-order chi connectivity index (χ1) is 13.8. The number of fused-ring (bicyclic) bond motifs is 1. The van der Waals surface area contributed by atoms with Gasteiger partial charge in [0.05, 0.1) is 4.90 Å². The molecule has 1 atom stereocenters. The summed E-state index contributed by atoms with van der Waals surface area (Å²) in [7, 11) is -3.66. The van der Waals surface area contributed by atoms with Crippen molar-refractivity contribution in [1.29, 1.82) is 0 Å². The molecule has 2 aromatic carbocycles. The topological polar surface area (TPSA) is 66.5 Å². The first-order valence-electron chi connectivity index (χ1n) is 10.3. The van der Waals surface area contributed by atoms with Gasteiger partial charge in [0.15, 0.2) is 0 Å². The fraction of sp³-hybridized carbons (Fsp3) is 0.435. The minimum absolute atomic E-state index is 0.161. The minimum atomic E-state index is -3.66. The molecule has 6 heteroatoms. The fourth-order valence-electron chi connectivity index (χ4n) is 3.95. The number of anilines is 1. The van der Waals surface area contributed by atoms with Crippen molar-refractivity contribution in [2.45, 2.75) is 57.4 Å². The number of rotatable bonds is 6. The Kier molecular flexibility index (Phi) is 5.25. The molecule has 29 heavy (non-hydrogen) atoms. The first-order valence-corrected chi connectivity index (χ1v) is 11.8. The smallest absolute Gasteiger partial charge is 0.241 e. The van der Waals surface area contributed by atoms with E-state index >= 15 is 0 Å². The molecule has 1 aliphatic heterocycles. The van der Waals surface area contributed by atoms with Crippen LogP contribution >= 0.6 is 0 Å². The molecule has 4 rings (SSSR count). The number of hydrogen-bond donors (Lipinski definition) is 1. The molecule has 0 radical (unpaired) electrons. The van der Waals surface area contributed by atoms with Gasteiger partial charge in [0, 0.05) is 24.2 Å². The number of benzene rings is 2. The summed E-state index contributed by atoms with van der Waals surface area (Å²) >= 11 is 0. The molecule has 2 aliphatic rings. The Labute approximate surface area is 173 Å². The van der Waals surface area contributed by atoms with E-state index in [1.807, 2.05) is 37.8 Å². The number of nitrogens with one attached hydrogen (secondary N) is 1. The van der Waals surface area contributed by atoms with Crippen LogP contribution in [0, 0.1) is 19.8 Å². The van der Waals surface area contributed by atoms with Crippen molar-refractivity contribution < 1.29 is 13.2 Å². The van der Waals surface area contributed by atoms with Gasteiger partial charge in [-0.2, -0.15) is 0 Å². The maximum atomic E-state index is 13.1. The van der Waals surface area contributed by atoms with Crippen LogP contribution in [-0.2, 0) is 21.2 Å². The number of aryl methyl sites for hydroxylation is 2. The van der Waals surface area contributed by atoms with Crippen LogP contribution in [0.5, 0.6) is 0 Å². The van der Waals surface area contributed by atoms with Crippen molar-refractivity contribution in [3.63, 3.8) is 0 Å². The molecule has 0 unspecified atom stereocenters. The summed E-state index contributed by atoms with van der Waals surface area (Å²) in [5.41, 5.74) is 5.11. The third kappa shape index (κ3) is 3.96. The lowest BCUT2D eigenvalue weighted by atomic mass is 10.0. The van der Waals surface area contributed by atoms with Crippen LogP contribution in [0.2, 0.25) is 0 Å². The van der Waals surface area contributed by atoms with E-state index in [0.717, 1.165) is 35.2 Å². The average molecular weight is 413 g/mol. The highest BCUT2D eigenvalue weighted by Crippen LogP contribution is 2.37. The summed E-state index contributed by atoms with van der Waals surface area (Å²) in [6.07, 6.45) is 3.30. The second-order valence-corrected chi connectivity index (χ2v) is 9.94. The lowest BCUT2D eigenvalue weighted by Gasteiger charge is -2.20. The van der Waals surface area contributed by atoms with Gasteiger partial charge in [-0.15, -0.1) is 0 Å². The van der Waals surface area contributed by atoms with Crippen LogP contribution in [0.25, 0.3) is 0 Å². The van der Waals surface area contributed by atoms with Gasteiger partial charge in [-0.05, 0) is 80.0 Å². The van der Waals surface area contributed by atoms with Crippen molar-refractivity contribution in [3.05, 3.63) is 58.7 Å². The average Bonchev–Trinajstić information content (AvgIpc) is 3.46. The SMILES string of the molecule is CC[C@H](NS(=O)(=O)c1ccc2c(c1)CCN2C(=O)C1CC1)c1ccc(C)c(C)c1. The zero-order valence-corrected chi connectivity index (χ0v) is 18.1. The molecule has 1 aliphatic carbocycles. The molecule has 0 aromatic heterocycles. The molecule has 0 spiro atoms. The highest BCUT2D eigenvalue weighted by Gasteiger charge is 2.36. The summed E-state index contributed by atoms with van der Waals surface area (Å²) in [5, 5.41) is 0. The molecule has 1 heterocycles. The van der Waals surface area contributed by atoms with E-state index < -0.39 is 10.0 Å². The monoisotopic (exact) mass is 412 g/mol. The lowest BCUT2D eigenvalue weighted by Crippen LogP contribution is -2.30. The van der Waals surface area contributed by atoms with Crippen molar-refractivity contribution in [3.8, 4) is 0 Å². The Morgan fingerprint density at radius 3 is 2.55 bits per heavy atom. The summed E-state index contributed by atoms with van der Waals surface area (Å²) in [6.45, 7) is 6.70. The Morgan fingerprint density at radius 2 is 1.90 bits per heavy atom. The van der Waals surface area contributed by atoms with Gasteiger partial charge in [-0.25, -0.2) is 13.1 Å². The third-order valence-electron chi connectivity index (χ3n) is 6.09. The molecule has 5 nitrogen and oxygen atoms in total. The number of amides is 1. The van der Waals surface area contributed by atoms with Gasteiger partial charge < -0.3 is 4.90 Å². The van der Waals surface area contributed by atoms with Crippen molar-refractivity contribution >= 4 is 21.6 Å². The fourth-order valence-corrected chi connectivity index (χ4v) is 5.31. The number of carbonyl (C=O) groups is 1. The molecule has 2 aromatic rings. The first kappa shape index (κ1) is 20.1. The van der Waals surface area contributed by atoms with Crippen LogP contribution in [0.3, 0.4) is 0 Å². The molecular formula is C23H28N2O3S. The van der Waals surface area contributed by atoms with E-state index in [1.165, 1.54) is 5.56 Å². The van der Waals surface area contributed by atoms with E-state index in [-0.39, 0.29) is 22.8 Å². The van der Waals surface area contributed by atoms with Crippen LogP contribution < -0.4 is 9.62 Å². The number of carbonyl (C=O) groups excluding carboxylic acids is 1. The second-order valence-electron chi connectivity index (χ2n) is 8.23. The van der Waals surface area contributed by atoms with E-state index in [2.05, 4.69) is 10.8 Å². The summed E-state index contributed by atoms with van der Waals surface area (Å²) in [6, 6.07) is 10.9. The maximum Gasteiger partial charge on any atom is 0.241 e. The third-order valence-corrected chi connectivity index (χ3v) is 7.56. The summed E-state index contributed by atoms with van der Waals surface area (Å²) in [4.78, 5) is 14.5. The highest BCUT2D eigenvalue weighted by atomic mass is 32.2. The number of sulfonamides is 1. The van der Waals surface area contributed by atoms with Crippen molar-refractivity contribution in [1.82, 2.24) is 4.72 Å². The molecule has 1 fully saturated rings. The van der Waals surface area contributed by atoms with E-state index in [0.29, 0.717) is 19.4 Å². The van der Waals surface area contributed by atoms with Gasteiger partial charge in [-0.1, -0.05) is 25.1 Å². The highest BCUT2D eigenvalue weighted by molar-refractivity contribution is 7.89. The molecule has 154 valence electrons. The van der Waals surface area contributed by atoms with Crippen LogP contribution in [0.15, 0.2) is 41.3 Å². The summed E-state index contributed by atoms with van der Waals surface area (Å²) in [5.74, 6) is 0.340. The molecule has 1 saturated carbocycles. The van der Waals surface area contributed by atoms with Crippen LogP contribution in [0.4, 0.5) is 5.69 Å². The van der Waals surface area contributed by atoms with E-state index in [1.54, 1.807) is 18.2 Å². The van der Waals surface area contributed by atoms with E-state index in [9.17, 15) is 13.2 Å². The summed E-state index contributed by atoms with van der Waals surface area (Å²) < 4.78 is 29.0. The Morgan fingerprint density at radius 1 is 1.14 bits per heavy atom. The zero-order chi connectivity index (χ0) is 20.8. The lowest BCUT2D eigenvalue weighted by molar-refractivity contribution is -0.119. The Bertz CT molecular complexity index is 1060.